The van der Waals surface area contributed by atoms with Gasteiger partial charge < -0.3 is 19.4 Å². The molecule has 1 aromatic heterocycles. The number of nitrogens with zero attached hydrogens (tertiary/aromatic N) is 3. The zero-order valence-corrected chi connectivity index (χ0v) is 15.9. The van der Waals surface area contributed by atoms with Crippen LogP contribution in [0.3, 0.4) is 0 Å². The van der Waals surface area contributed by atoms with Crippen LogP contribution in [0, 0.1) is 12.7 Å². The van der Waals surface area contributed by atoms with Crippen LogP contribution in [0.4, 0.5) is 4.39 Å². The highest BCUT2D eigenvalue weighted by molar-refractivity contribution is 5.93. The molecule has 8 nitrogen and oxygen atoms in total. The highest BCUT2D eigenvalue weighted by Gasteiger charge is 2.33. The van der Waals surface area contributed by atoms with Gasteiger partial charge in [0.05, 0.1) is 6.54 Å². The Balaban J connectivity index is 1.49. The Labute approximate surface area is 162 Å². The molecule has 28 heavy (non-hydrogen) atoms. The third-order valence-electron chi connectivity index (χ3n) is 4.54. The van der Waals surface area contributed by atoms with Gasteiger partial charge in [-0.25, -0.2) is 9.37 Å². The van der Waals surface area contributed by atoms with E-state index in [1.807, 2.05) is 11.9 Å². The van der Waals surface area contributed by atoms with E-state index < -0.39 is 6.04 Å². The number of halogens is 1. The average molecular weight is 390 g/mol. The fourth-order valence-corrected chi connectivity index (χ4v) is 2.98. The van der Waals surface area contributed by atoms with E-state index in [-0.39, 0.29) is 43.0 Å². The van der Waals surface area contributed by atoms with Crippen molar-refractivity contribution in [3.05, 3.63) is 47.9 Å². The molecule has 1 atom stereocenters. The van der Waals surface area contributed by atoms with Gasteiger partial charge in [-0.05, 0) is 19.2 Å². The fraction of sp³-hybridized carbons (Fsp3) is 0.421. The number of carbonyl (C=O) groups excluding carboxylic acids is 2. The van der Waals surface area contributed by atoms with Crippen molar-refractivity contribution in [3.8, 4) is 5.75 Å². The predicted molar refractivity (Wildman–Crippen MR) is 98.5 cm³/mol. The molecule has 1 aliphatic rings. The van der Waals surface area contributed by atoms with Crippen molar-refractivity contribution in [2.24, 2.45) is 0 Å². The van der Waals surface area contributed by atoms with Gasteiger partial charge in [0.15, 0.2) is 11.6 Å². The topological polar surface area (TPSA) is 87.9 Å². The number of oxazole rings is 1. The molecule has 0 aliphatic carbocycles. The van der Waals surface area contributed by atoms with Crippen molar-refractivity contribution >= 4 is 11.8 Å². The lowest BCUT2D eigenvalue weighted by molar-refractivity contribution is -0.127. The van der Waals surface area contributed by atoms with Gasteiger partial charge in [0.2, 0.25) is 5.91 Å². The minimum absolute atomic E-state index is 0.195. The molecule has 2 amide bonds. The number of amides is 2. The predicted octanol–water partition coefficient (Wildman–Crippen LogP) is 1.07. The zero-order valence-electron chi connectivity index (χ0n) is 15.9. The van der Waals surface area contributed by atoms with E-state index in [2.05, 4.69) is 10.3 Å². The van der Waals surface area contributed by atoms with Crippen molar-refractivity contribution in [2.45, 2.75) is 13.0 Å². The average Bonchev–Trinajstić information content (AvgIpc) is 3.11. The number of aromatic nitrogens is 1. The van der Waals surface area contributed by atoms with Crippen molar-refractivity contribution in [2.75, 3.05) is 39.8 Å². The van der Waals surface area contributed by atoms with E-state index in [0.29, 0.717) is 24.7 Å². The summed E-state index contributed by atoms with van der Waals surface area (Å²) in [6.45, 7) is 3.50. The summed E-state index contributed by atoms with van der Waals surface area (Å²) in [4.78, 5) is 32.6. The monoisotopic (exact) mass is 390 g/mol. The van der Waals surface area contributed by atoms with Gasteiger partial charge in [-0.1, -0.05) is 6.07 Å². The first-order valence-corrected chi connectivity index (χ1v) is 9.02. The Morgan fingerprint density at radius 2 is 2.21 bits per heavy atom. The quantitative estimate of drug-likeness (QED) is 0.743. The molecule has 1 aromatic carbocycles. The van der Waals surface area contributed by atoms with E-state index in [4.69, 9.17) is 9.15 Å². The summed E-state index contributed by atoms with van der Waals surface area (Å²) in [6.07, 6.45) is 1.33. The first-order valence-electron chi connectivity index (χ1n) is 9.02. The van der Waals surface area contributed by atoms with Gasteiger partial charge in [-0.2, -0.15) is 0 Å². The second-order valence-corrected chi connectivity index (χ2v) is 6.60. The summed E-state index contributed by atoms with van der Waals surface area (Å²) in [7, 11) is 1.84. The molecule has 0 unspecified atom stereocenters. The maximum absolute atomic E-state index is 13.1. The van der Waals surface area contributed by atoms with E-state index in [0.717, 1.165) is 0 Å². The number of nitrogens with one attached hydrogen (secondary N) is 1. The Hall–Kier alpha value is -2.94. The number of hydrogen-bond acceptors (Lipinski definition) is 6. The number of piperazine rings is 1. The molecule has 0 radical (unpaired) electrons. The molecule has 1 N–H and O–H groups in total. The summed E-state index contributed by atoms with van der Waals surface area (Å²) in [5.74, 6) is 0.00238. The van der Waals surface area contributed by atoms with E-state index in [1.54, 1.807) is 24.0 Å². The molecule has 0 saturated carbocycles. The number of likely N-dealkylation sites (N-methyl/N-ethyl adjacent to an activating group) is 1. The molecule has 9 heteroatoms. The smallest absolute Gasteiger partial charge is 0.275 e. The van der Waals surface area contributed by atoms with E-state index in [1.165, 1.54) is 18.4 Å². The van der Waals surface area contributed by atoms with Crippen LogP contribution in [-0.4, -0.2) is 72.5 Å². The second kappa shape index (κ2) is 8.83. The lowest BCUT2D eigenvalue weighted by atomic mass is 10.1. The van der Waals surface area contributed by atoms with Crippen LogP contribution in [0.5, 0.6) is 5.75 Å². The maximum Gasteiger partial charge on any atom is 0.275 e. The van der Waals surface area contributed by atoms with Crippen molar-refractivity contribution in [1.29, 1.82) is 0 Å². The number of hydrogen-bond donors (Lipinski definition) is 1. The summed E-state index contributed by atoms with van der Waals surface area (Å²) < 4.78 is 23.6. The van der Waals surface area contributed by atoms with Gasteiger partial charge in [0.1, 0.15) is 30.5 Å². The molecule has 0 spiro atoms. The van der Waals surface area contributed by atoms with Crippen LogP contribution in [0.15, 0.2) is 34.9 Å². The van der Waals surface area contributed by atoms with Crippen LogP contribution < -0.4 is 10.1 Å². The van der Waals surface area contributed by atoms with Gasteiger partial charge in [0.25, 0.3) is 5.91 Å². The van der Waals surface area contributed by atoms with E-state index in [9.17, 15) is 14.0 Å². The maximum atomic E-state index is 13.1. The van der Waals surface area contributed by atoms with Gasteiger partial charge in [0, 0.05) is 32.6 Å². The lowest BCUT2D eigenvalue weighted by Crippen LogP contribution is -2.59. The molecule has 1 aliphatic heterocycles. The summed E-state index contributed by atoms with van der Waals surface area (Å²) in [5.41, 5.74) is 0.240. The molecule has 2 heterocycles. The van der Waals surface area contributed by atoms with Crippen LogP contribution >= 0.6 is 0 Å². The standard InChI is InChI=1S/C19H23FN4O4/c1-13-22-16(12-28-13)19(26)24-8-7-23(2)17(11-24)18(25)21-6-9-27-15-5-3-4-14(20)10-15/h3-5,10,12,17H,6-9,11H2,1-2H3,(H,21,25)/t17-/m0/s1. The Morgan fingerprint density at radius 3 is 2.93 bits per heavy atom. The fourth-order valence-electron chi connectivity index (χ4n) is 2.98. The summed E-state index contributed by atoms with van der Waals surface area (Å²) in [5, 5.41) is 2.80. The van der Waals surface area contributed by atoms with Gasteiger partial charge in [-0.3, -0.25) is 14.5 Å². The highest BCUT2D eigenvalue weighted by atomic mass is 19.1. The van der Waals surface area contributed by atoms with Crippen LogP contribution in [-0.2, 0) is 4.79 Å². The number of ether oxygens (including phenoxy) is 1. The SMILES string of the molecule is Cc1nc(C(=O)N2CCN(C)[C@H](C(=O)NCCOc3cccc(F)c3)C2)co1. The molecule has 1 fully saturated rings. The second-order valence-electron chi connectivity index (χ2n) is 6.60. The number of aryl methyl sites for hydroxylation is 1. The summed E-state index contributed by atoms with van der Waals surface area (Å²) >= 11 is 0. The van der Waals surface area contributed by atoms with Gasteiger partial charge in [-0.15, -0.1) is 0 Å². The van der Waals surface area contributed by atoms with Crippen molar-refractivity contribution in [1.82, 2.24) is 20.1 Å². The lowest BCUT2D eigenvalue weighted by Gasteiger charge is -2.38. The largest absolute Gasteiger partial charge is 0.492 e. The van der Waals surface area contributed by atoms with Crippen molar-refractivity contribution in [3.63, 3.8) is 0 Å². The Morgan fingerprint density at radius 1 is 1.39 bits per heavy atom. The first kappa shape index (κ1) is 19.8. The molecule has 1 saturated heterocycles. The molecular formula is C19H23FN4O4. The van der Waals surface area contributed by atoms with Crippen molar-refractivity contribution < 1.29 is 23.1 Å². The summed E-state index contributed by atoms with van der Waals surface area (Å²) in [6, 6.07) is 5.35. The van der Waals surface area contributed by atoms with Gasteiger partial charge >= 0.3 is 0 Å². The molecule has 2 aromatic rings. The molecule has 150 valence electrons. The number of benzene rings is 1. The minimum atomic E-state index is -0.472. The number of carbonyl (C=O) groups is 2. The third-order valence-corrected chi connectivity index (χ3v) is 4.54. The van der Waals surface area contributed by atoms with E-state index >= 15 is 0 Å². The number of rotatable bonds is 6. The van der Waals surface area contributed by atoms with Crippen LogP contribution in [0.1, 0.15) is 16.4 Å². The first-order chi connectivity index (χ1) is 13.4. The highest BCUT2D eigenvalue weighted by Crippen LogP contribution is 2.13. The van der Waals surface area contributed by atoms with Crippen LogP contribution in [0.25, 0.3) is 0 Å². The minimum Gasteiger partial charge on any atom is -0.492 e. The third kappa shape index (κ3) is 4.86. The zero-order chi connectivity index (χ0) is 20.1. The molecule has 0 bridgehead atoms. The Bertz CT molecular complexity index is 841. The Kier molecular flexibility index (Phi) is 6.25. The normalized spacial score (nSPS) is 17.4. The van der Waals surface area contributed by atoms with Crippen LogP contribution in [0.2, 0.25) is 0 Å². The molecule has 3 rings (SSSR count). The molecular weight excluding hydrogens is 367 g/mol.